The highest BCUT2D eigenvalue weighted by Gasteiger charge is 2.23. The van der Waals surface area contributed by atoms with Crippen molar-refractivity contribution in [1.82, 2.24) is 14.5 Å². The second-order valence-corrected chi connectivity index (χ2v) is 6.39. The molecule has 3 rings (SSSR count). The monoisotopic (exact) mass is 345 g/mol. The number of H-pyrrole nitrogens is 1. The number of carbonyl (C=O) groups is 1. The Hall–Kier alpha value is -2.70. The Morgan fingerprint density at radius 2 is 1.80 bits per heavy atom. The highest BCUT2D eigenvalue weighted by molar-refractivity contribution is 5.76. The number of carbonyl (C=O) groups excluding carboxylic acids is 1. The molecular weight excluding hydrogens is 325 g/mol. The fraction of sp³-hybridized carbons (Fsp3) is 0.389. The number of hydrogen-bond donors (Lipinski definition) is 1. The van der Waals surface area contributed by atoms with E-state index in [1.807, 2.05) is 0 Å². The molecule has 1 aromatic heterocycles. The van der Waals surface area contributed by atoms with Gasteiger partial charge in [-0.3, -0.25) is 19.1 Å². The van der Waals surface area contributed by atoms with Gasteiger partial charge in [0.25, 0.3) is 5.56 Å². The van der Waals surface area contributed by atoms with Gasteiger partial charge in [0.15, 0.2) is 0 Å². The predicted molar refractivity (Wildman–Crippen MR) is 90.7 cm³/mol. The van der Waals surface area contributed by atoms with E-state index in [-0.39, 0.29) is 18.3 Å². The first-order valence-electron chi connectivity index (χ1n) is 8.33. The fourth-order valence-electron chi connectivity index (χ4n) is 3.15. The molecule has 6 nitrogen and oxygen atoms in total. The third-order valence-corrected chi connectivity index (χ3v) is 4.61. The van der Waals surface area contributed by atoms with Crippen LogP contribution in [0.4, 0.5) is 4.39 Å². The summed E-state index contributed by atoms with van der Waals surface area (Å²) in [6.45, 7) is 1.21. The van der Waals surface area contributed by atoms with E-state index in [0.717, 1.165) is 24.8 Å². The minimum atomic E-state index is -0.577. The highest BCUT2D eigenvalue weighted by Crippen LogP contribution is 2.22. The molecule has 1 amide bonds. The number of aromatic nitrogens is 2. The number of amides is 1. The van der Waals surface area contributed by atoms with Crippen molar-refractivity contribution in [1.29, 1.82) is 0 Å². The Morgan fingerprint density at radius 1 is 1.12 bits per heavy atom. The highest BCUT2D eigenvalue weighted by atomic mass is 19.1. The number of nitrogens with one attached hydrogen (secondary N) is 1. The maximum Gasteiger partial charge on any atom is 0.328 e. The summed E-state index contributed by atoms with van der Waals surface area (Å²) < 4.78 is 14.1. The molecule has 2 aromatic rings. The van der Waals surface area contributed by atoms with Crippen LogP contribution >= 0.6 is 0 Å². The van der Waals surface area contributed by atoms with Gasteiger partial charge >= 0.3 is 5.69 Å². The molecule has 2 heterocycles. The van der Waals surface area contributed by atoms with Gasteiger partial charge < -0.3 is 4.90 Å². The van der Waals surface area contributed by atoms with Gasteiger partial charge in [-0.2, -0.15) is 0 Å². The van der Waals surface area contributed by atoms with Crippen molar-refractivity contribution in [2.24, 2.45) is 5.92 Å². The number of piperidine rings is 1. The zero-order valence-corrected chi connectivity index (χ0v) is 13.8. The molecule has 1 aromatic carbocycles. The van der Waals surface area contributed by atoms with Crippen LogP contribution in [0.25, 0.3) is 0 Å². The lowest BCUT2D eigenvalue weighted by Gasteiger charge is -2.32. The molecule has 1 saturated heterocycles. The second kappa shape index (κ2) is 7.46. The molecule has 1 fully saturated rings. The maximum absolute atomic E-state index is 12.9. The van der Waals surface area contributed by atoms with Crippen LogP contribution in [0.5, 0.6) is 0 Å². The summed E-state index contributed by atoms with van der Waals surface area (Å²) in [6.07, 6.45) is 3.97. The summed E-state index contributed by atoms with van der Waals surface area (Å²) >= 11 is 0. The van der Waals surface area contributed by atoms with Gasteiger partial charge in [-0.05, 0) is 42.9 Å². The number of benzene rings is 1. The quantitative estimate of drug-likeness (QED) is 0.903. The number of likely N-dealkylation sites (tertiary alicyclic amines) is 1. The summed E-state index contributed by atoms with van der Waals surface area (Å²) in [5.41, 5.74) is 0.0494. The number of hydrogen-bond acceptors (Lipinski definition) is 3. The van der Waals surface area contributed by atoms with Crippen LogP contribution < -0.4 is 11.2 Å². The molecule has 25 heavy (non-hydrogen) atoms. The summed E-state index contributed by atoms with van der Waals surface area (Å²) in [7, 11) is 0. The van der Waals surface area contributed by atoms with Gasteiger partial charge in [-0.1, -0.05) is 12.1 Å². The summed E-state index contributed by atoms with van der Waals surface area (Å²) in [5, 5.41) is 0. The third-order valence-electron chi connectivity index (χ3n) is 4.61. The number of halogens is 1. The van der Waals surface area contributed by atoms with Crippen LogP contribution in [0.15, 0.2) is 46.1 Å². The largest absolute Gasteiger partial charge is 0.341 e. The first-order chi connectivity index (χ1) is 12.0. The lowest BCUT2D eigenvalue weighted by Crippen LogP contribution is -2.42. The van der Waals surface area contributed by atoms with Crippen molar-refractivity contribution in [3.63, 3.8) is 0 Å². The average Bonchev–Trinajstić information content (AvgIpc) is 2.60. The zero-order chi connectivity index (χ0) is 17.8. The summed E-state index contributed by atoms with van der Waals surface area (Å²) in [6, 6.07) is 7.76. The van der Waals surface area contributed by atoms with E-state index in [1.54, 1.807) is 17.0 Å². The van der Waals surface area contributed by atoms with Crippen LogP contribution in [-0.2, 0) is 17.8 Å². The Kier molecular flexibility index (Phi) is 5.11. The van der Waals surface area contributed by atoms with Gasteiger partial charge in [-0.25, -0.2) is 9.18 Å². The topological polar surface area (TPSA) is 75.2 Å². The Balaban J connectivity index is 1.53. The molecule has 7 heteroatoms. The van der Waals surface area contributed by atoms with Crippen LogP contribution in [0.2, 0.25) is 0 Å². The molecule has 0 atom stereocenters. The second-order valence-electron chi connectivity index (χ2n) is 6.39. The molecule has 1 N–H and O–H groups in total. The van der Waals surface area contributed by atoms with Crippen molar-refractivity contribution < 1.29 is 9.18 Å². The molecule has 1 aliphatic rings. The normalized spacial score (nSPS) is 15.3. The Morgan fingerprint density at radius 3 is 2.44 bits per heavy atom. The SMILES string of the molecule is O=C(Cn1ccc(=O)[nH]c1=O)N1CCC(Cc2ccc(F)cc2)CC1. The van der Waals surface area contributed by atoms with Crippen LogP contribution in [-0.4, -0.2) is 33.4 Å². The number of rotatable bonds is 4. The van der Waals surface area contributed by atoms with Gasteiger partial charge in [0.1, 0.15) is 12.4 Å². The van der Waals surface area contributed by atoms with E-state index in [0.29, 0.717) is 19.0 Å². The van der Waals surface area contributed by atoms with E-state index in [4.69, 9.17) is 0 Å². The molecule has 0 saturated carbocycles. The van der Waals surface area contributed by atoms with Crippen LogP contribution in [0, 0.1) is 11.7 Å². The van der Waals surface area contributed by atoms with Crippen LogP contribution in [0.1, 0.15) is 18.4 Å². The molecule has 0 spiro atoms. The van der Waals surface area contributed by atoms with E-state index in [1.165, 1.54) is 29.0 Å². The van der Waals surface area contributed by atoms with Gasteiger partial charge in [-0.15, -0.1) is 0 Å². The summed E-state index contributed by atoms with van der Waals surface area (Å²) in [4.78, 5) is 38.9. The van der Waals surface area contributed by atoms with Crippen molar-refractivity contribution >= 4 is 5.91 Å². The molecule has 0 radical (unpaired) electrons. The molecule has 0 bridgehead atoms. The van der Waals surface area contributed by atoms with Crippen molar-refractivity contribution in [3.8, 4) is 0 Å². The minimum absolute atomic E-state index is 0.0712. The van der Waals surface area contributed by atoms with Gasteiger partial charge in [0.2, 0.25) is 5.91 Å². The van der Waals surface area contributed by atoms with Gasteiger partial charge in [0.05, 0.1) is 0 Å². The third kappa shape index (κ3) is 4.43. The maximum atomic E-state index is 12.9. The standard InChI is InChI=1S/C18H20FN3O3/c19-15-3-1-13(2-4-15)11-14-5-8-21(9-6-14)17(24)12-22-10-7-16(23)20-18(22)25/h1-4,7,10,14H,5-6,8-9,11-12H2,(H,20,23,25). The van der Waals surface area contributed by atoms with E-state index >= 15 is 0 Å². The van der Waals surface area contributed by atoms with Crippen molar-refractivity contribution in [3.05, 3.63) is 68.7 Å². The predicted octanol–water partition coefficient (Wildman–Crippen LogP) is 1.16. The smallest absolute Gasteiger partial charge is 0.328 e. The van der Waals surface area contributed by atoms with Crippen LogP contribution in [0.3, 0.4) is 0 Å². The van der Waals surface area contributed by atoms with Gasteiger partial charge in [0, 0.05) is 25.4 Å². The zero-order valence-electron chi connectivity index (χ0n) is 13.8. The molecule has 0 unspecified atom stereocenters. The van der Waals surface area contributed by atoms with E-state index in [2.05, 4.69) is 4.98 Å². The number of nitrogens with zero attached hydrogens (tertiary/aromatic N) is 2. The average molecular weight is 345 g/mol. The van der Waals surface area contributed by atoms with E-state index in [9.17, 15) is 18.8 Å². The van der Waals surface area contributed by atoms with Crippen molar-refractivity contribution in [2.75, 3.05) is 13.1 Å². The molecular formula is C18H20FN3O3. The Labute approximate surface area is 143 Å². The minimum Gasteiger partial charge on any atom is -0.341 e. The first kappa shape index (κ1) is 17.1. The fourth-order valence-corrected chi connectivity index (χ4v) is 3.15. The van der Waals surface area contributed by atoms with Crippen molar-refractivity contribution in [2.45, 2.75) is 25.8 Å². The molecule has 132 valence electrons. The lowest BCUT2D eigenvalue weighted by atomic mass is 9.90. The summed E-state index contributed by atoms with van der Waals surface area (Å²) in [5.74, 6) is 0.0985. The number of aromatic amines is 1. The van der Waals surface area contributed by atoms with E-state index < -0.39 is 11.2 Å². The molecule has 0 aliphatic carbocycles. The Bertz CT molecular complexity index is 849. The lowest BCUT2D eigenvalue weighted by molar-refractivity contribution is -0.133. The first-order valence-corrected chi connectivity index (χ1v) is 8.33. The molecule has 1 aliphatic heterocycles.